The Balaban J connectivity index is 2.43. The molecule has 0 aliphatic heterocycles. The summed E-state index contributed by atoms with van der Waals surface area (Å²) in [6.07, 6.45) is 0. The van der Waals surface area contributed by atoms with Gasteiger partial charge in [-0.3, -0.25) is 0 Å². The Labute approximate surface area is 106 Å². The summed E-state index contributed by atoms with van der Waals surface area (Å²) in [5, 5.41) is 7.88. The molecule has 1 aromatic carbocycles. The molecule has 17 heavy (non-hydrogen) atoms. The zero-order valence-electron chi connectivity index (χ0n) is 9.81. The van der Waals surface area contributed by atoms with Gasteiger partial charge in [-0.05, 0) is 23.1 Å². The summed E-state index contributed by atoms with van der Waals surface area (Å²) in [4.78, 5) is 0. The molecule has 0 fully saturated rings. The average Bonchev–Trinajstić information content (AvgIpc) is 2.32. The molecule has 4 heteroatoms. The molecule has 0 saturated carbocycles. The average molecular weight is 248 g/mol. The molecule has 0 amide bonds. The van der Waals surface area contributed by atoms with E-state index in [0.29, 0.717) is 16.9 Å². The van der Waals surface area contributed by atoms with Crippen molar-refractivity contribution >= 4 is 17.4 Å². The van der Waals surface area contributed by atoms with Crippen molar-refractivity contribution < 1.29 is 0 Å². The minimum atomic E-state index is 0.372. The summed E-state index contributed by atoms with van der Waals surface area (Å²) in [5.41, 5.74) is 8.72. The molecular weight excluding hydrogens is 234 g/mol. The van der Waals surface area contributed by atoms with Crippen molar-refractivity contribution in [3.63, 3.8) is 0 Å². The van der Waals surface area contributed by atoms with Crippen molar-refractivity contribution in [1.29, 1.82) is 0 Å². The van der Waals surface area contributed by atoms with Crippen molar-refractivity contribution in [2.75, 3.05) is 5.73 Å². The maximum absolute atomic E-state index is 6.00. The highest BCUT2D eigenvalue weighted by Crippen LogP contribution is 2.28. The maximum atomic E-state index is 6.00. The summed E-state index contributed by atoms with van der Waals surface area (Å²) >= 11 is 6.00. The summed E-state index contributed by atoms with van der Waals surface area (Å²) < 4.78 is 0. The van der Waals surface area contributed by atoms with E-state index in [1.165, 1.54) is 5.56 Å². The zero-order chi connectivity index (χ0) is 12.4. The lowest BCUT2D eigenvalue weighted by molar-refractivity contribution is 0.867. The molecule has 0 spiro atoms. The smallest absolute Gasteiger partial charge is 0.159 e. The third kappa shape index (κ3) is 2.56. The van der Waals surface area contributed by atoms with Crippen molar-refractivity contribution in [2.24, 2.45) is 0 Å². The Morgan fingerprint density at radius 2 is 1.76 bits per heavy atom. The van der Waals surface area contributed by atoms with Gasteiger partial charge in [-0.2, -0.15) is 0 Å². The highest BCUT2D eigenvalue weighted by molar-refractivity contribution is 6.32. The third-order valence-corrected chi connectivity index (χ3v) is 2.94. The molecule has 88 valence electrons. The number of nitrogens with two attached hydrogens (primary N) is 1. The molecule has 2 rings (SSSR count). The molecule has 0 bridgehead atoms. The van der Waals surface area contributed by atoms with Crippen LogP contribution >= 0.6 is 11.6 Å². The van der Waals surface area contributed by atoms with Gasteiger partial charge in [0.2, 0.25) is 0 Å². The minimum Gasteiger partial charge on any atom is -0.382 e. The lowest BCUT2D eigenvalue weighted by Crippen LogP contribution is -1.95. The van der Waals surface area contributed by atoms with Crippen LogP contribution in [0.3, 0.4) is 0 Å². The van der Waals surface area contributed by atoms with Gasteiger partial charge in [-0.25, -0.2) is 0 Å². The first kappa shape index (κ1) is 11.9. The molecule has 1 heterocycles. The Kier molecular flexibility index (Phi) is 3.29. The van der Waals surface area contributed by atoms with Crippen LogP contribution in [-0.4, -0.2) is 10.2 Å². The van der Waals surface area contributed by atoms with Gasteiger partial charge in [0.25, 0.3) is 0 Å². The lowest BCUT2D eigenvalue weighted by Gasteiger charge is -2.08. The van der Waals surface area contributed by atoms with Crippen LogP contribution in [-0.2, 0) is 0 Å². The van der Waals surface area contributed by atoms with E-state index in [0.717, 1.165) is 11.1 Å². The highest BCUT2D eigenvalue weighted by atomic mass is 35.5. The topological polar surface area (TPSA) is 51.8 Å². The summed E-state index contributed by atoms with van der Waals surface area (Å²) in [6.45, 7) is 4.32. The van der Waals surface area contributed by atoms with E-state index in [4.69, 9.17) is 17.3 Å². The summed E-state index contributed by atoms with van der Waals surface area (Å²) in [6, 6.07) is 9.97. The van der Waals surface area contributed by atoms with Crippen molar-refractivity contribution in [3.8, 4) is 11.1 Å². The number of aromatic nitrogens is 2. The lowest BCUT2D eigenvalue weighted by atomic mass is 10.00. The van der Waals surface area contributed by atoms with Gasteiger partial charge in [0, 0.05) is 5.56 Å². The van der Waals surface area contributed by atoms with Gasteiger partial charge in [0.15, 0.2) is 5.15 Å². The van der Waals surface area contributed by atoms with E-state index in [1.807, 2.05) is 12.1 Å². The Hall–Kier alpha value is -1.61. The predicted molar refractivity (Wildman–Crippen MR) is 71.0 cm³/mol. The summed E-state index contributed by atoms with van der Waals surface area (Å²) in [5.74, 6) is 0.887. The Morgan fingerprint density at radius 3 is 2.35 bits per heavy atom. The molecule has 0 atom stereocenters. The molecule has 0 aliphatic carbocycles. The molecule has 1 aromatic heterocycles. The SMILES string of the molecule is CC(C)c1ccc(-c2cc(N)nnc2Cl)cc1. The van der Waals surface area contributed by atoms with Crippen LogP contribution in [0.25, 0.3) is 11.1 Å². The van der Waals surface area contributed by atoms with Gasteiger partial charge < -0.3 is 5.73 Å². The number of halogens is 1. The van der Waals surface area contributed by atoms with Crippen LogP contribution < -0.4 is 5.73 Å². The van der Waals surface area contributed by atoms with E-state index in [2.05, 4.69) is 36.2 Å². The fourth-order valence-electron chi connectivity index (χ4n) is 1.64. The maximum Gasteiger partial charge on any atom is 0.159 e. The van der Waals surface area contributed by atoms with E-state index in [1.54, 1.807) is 6.07 Å². The monoisotopic (exact) mass is 247 g/mol. The van der Waals surface area contributed by atoms with E-state index in [9.17, 15) is 0 Å². The predicted octanol–water partition coefficient (Wildman–Crippen LogP) is 3.50. The summed E-state index contributed by atoms with van der Waals surface area (Å²) in [7, 11) is 0. The molecular formula is C13H14ClN3. The normalized spacial score (nSPS) is 10.8. The van der Waals surface area contributed by atoms with Gasteiger partial charge in [-0.15, -0.1) is 10.2 Å². The Morgan fingerprint density at radius 1 is 1.12 bits per heavy atom. The number of hydrogen-bond acceptors (Lipinski definition) is 3. The first-order valence-corrected chi connectivity index (χ1v) is 5.84. The number of rotatable bonds is 2. The number of nitrogens with zero attached hydrogens (tertiary/aromatic N) is 2. The first-order valence-electron chi connectivity index (χ1n) is 5.47. The second-order valence-electron chi connectivity index (χ2n) is 4.25. The molecule has 0 radical (unpaired) electrons. The zero-order valence-corrected chi connectivity index (χ0v) is 10.6. The van der Waals surface area contributed by atoms with E-state index >= 15 is 0 Å². The molecule has 2 N–H and O–H groups in total. The fraction of sp³-hybridized carbons (Fsp3) is 0.231. The first-order chi connectivity index (χ1) is 8.08. The minimum absolute atomic E-state index is 0.372. The quantitative estimate of drug-likeness (QED) is 0.884. The van der Waals surface area contributed by atoms with Crippen molar-refractivity contribution in [2.45, 2.75) is 19.8 Å². The third-order valence-electron chi connectivity index (χ3n) is 2.66. The van der Waals surface area contributed by atoms with E-state index in [-0.39, 0.29) is 0 Å². The largest absolute Gasteiger partial charge is 0.382 e. The second-order valence-corrected chi connectivity index (χ2v) is 4.61. The van der Waals surface area contributed by atoms with Gasteiger partial charge in [0.1, 0.15) is 5.82 Å². The van der Waals surface area contributed by atoms with Crippen LogP contribution in [0.1, 0.15) is 25.3 Å². The fourth-order valence-corrected chi connectivity index (χ4v) is 1.84. The van der Waals surface area contributed by atoms with Crippen molar-refractivity contribution in [3.05, 3.63) is 41.0 Å². The number of hydrogen-bond donors (Lipinski definition) is 1. The number of nitrogen functional groups attached to an aromatic ring is 1. The van der Waals surface area contributed by atoms with Crippen LogP contribution in [0.15, 0.2) is 30.3 Å². The molecule has 3 nitrogen and oxygen atoms in total. The second kappa shape index (κ2) is 4.72. The van der Waals surface area contributed by atoms with Gasteiger partial charge in [0.05, 0.1) is 0 Å². The van der Waals surface area contributed by atoms with Crippen LogP contribution in [0.4, 0.5) is 5.82 Å². The number of benzene rings is 1. The highest BCUT2D eigenvalue weighted by Gasteiger charge is 2.07. The molecule has 2 aromatic rings. The van der Waals surface area contributed by atoms with Gasteiger partial charge in [-0.1, -0.05) is 49.7 Å². The molecule has 0 aliphatic rings. The van der Waals surface area contributed by atoms with Gasteiger partial charge >= 0.3 is 0 Å². The van der Waals surface area contributed by atoms with E-state index < -0.39 is 0 Å². The van der Waals surface area contributed by atoms with Crippen molar-refractivity contribution in [1.82, 2.24) is 10.2 Å². The molecule has 0 unspecified atom stereocenters. The van der Waals surface area contributed by atoms with Crippen LogP contribution in [0.5, 0.6) is 0 Å². The van der Waals surface area contributed by atoms with Crippen LogP contribution in [0, 0.1) is 0 Å². The standard InChI is InChI=1S/C13H14ClN3/c1-8(2)9-3-5-10(6-4-9)11-7-12(15)16-17-13(11)14/h3-8H,1-2H3,(H2,15,16). The molecule has 0 saturated heterocycles. The Bertz CT molecular complexity index is 521. The van der Waals surface area contributed by atoms with Crippen LogP contribution in [0.2, 0.25) is 5.15 Å². The number of anilines is 1.